The molecular formula is C8H14O4. The van der Waals surface area contributed by atoms with E-state index in [-0.39, 0.29) is 18.8 Å². The summed E-state index contributed by atoms with van der Waals surface area (Å²) in [4.78, 5) is 20.8. The number of hydrogen-bond donors (Lipinski definition) is 2. The Morgan fingerprint density at radius 1 is 1.08 bits per heavy atom. The van der Waals surface area contributed by atoms with E-state index < -0.39 is 5.97 Å². The second kappa shape index (κ2) is 6.79. The molecule has 4 heteroatoms. The van der Waals surface area contributed by atoms with Gasteiger partial charge in [-0.25, -0.2) is 0 Å². The molecule has 0 aliphatic carbocycles. The number of aliphatic carboxylic acids is 1. The monoisotopic (exact) mass is 174 g/mol. The summed E-state index contributed by atoms with van der Waals surface area (Å²) in [5, 5.41) is 16.6. The number of aliphatic hydroxyl groups excluding tert-OH is 1. The molecule has 0 saturated heterocycles. The summed E-state index contributed by atoms with van der Waals surface area (Å²) in [5.74, 6) is -1.30. The van der Waals surface area contributed by atoms with E-state index in [4.69, 9.17) is 10.2 Å². The highest BCUT2D eigenvalue weighted by molar-refractivity contribution is 5.94. The fraction of sp³-hybridized carbons (Fsp3) is 0.750. The zero-order valence-corrected chi connectivity index (χ0v) is 6.95. The number of aliphatic hydroxyl groups is 1. The van der Waals surface area contributed by atoms with Crippen LogP contribution in [-0.4, -0.2) is 28.6 Å². The van der Waals surface area contributed by atoms with Crippen molar-refractivity contribution in [3.63, 3.8) is 0 Å². The van der Waals surface area contributed by atoms with Gasteiger partial charge < -0.3 is 10.2 Å². The van der Waals surface area contributed by atoms with Crippen molar-refractivity contribution in [2.75, 3.05) is 6.61 Å². The third kappa shape index (κ3) is 7.21. The van der Waals surface area contributed by atoms with Crippen LogP contribution in [0.25, 0.3) is 0 Å². The number of Topliss-reactive ketones (excluding diaryl/α,β-unsaturated/α-hetero) is 1. The molecule has 0 aliphatic heterocycles. The lowest BCUT2D eigenvalue weighted by molar-refractivity contribution is -0.140. The molecule has 0 spiro atoms. The third-order valence-electron chi connectivity index (χ3n) is 1.46. The molecule has 0 aliphatic rings. The molecule has 0 amide bonds. The second-order valence-corrected chi connectivity index (χ2v) is 2.64. The normalized spacial score (nSPS) is 9.75. The highest BCUT2D eigenvalue weighted by atomic mass is 16.4. The number of carbonyl (C=O) groups is 2. The molecule has 0 aromatic heterocycles. The van der Waals surface area contributed by atoms with Crippen molar-refractivity contribution >= 4 is 11.8 Å². The van der Waals surface area contributed by atoms with Crippen LogP contribution in [0.2, 0.25) is 0 Å². The van der Waals surface area contributed by atoms with E-state index >= 15 is 0 Å². The number of carboxylic acid groups (broad SMARTS) is 1. The Balaban J connectivity index is 3.26. The Morgan fingerprint density at radius 3 is 2.25 bits per heavy atom. The van der Waals surface area contributed by atoms with E-state index in [1.54, 1.807) is 0 Å². The molecule has 0 aromatic carbocycles. The van der Waals surface area contributed by atoms with Crippen LogP contribution in [-0.2, 0) is 9.59 Å². The highest BCUT2D eigenvalue weighted by Gasteiger charge is 2.06. The van der Waals surface area contributed by atoms with Crippen LogP contribution in [0, 0.1) is 0 Å². The lowest BCUT2D eigenvalue weighted by atomic mass is 10.1. The van der Waals surface area contributed by atoms with Gasteiger partial charge in [-0.05, 0) is 12.8 Å². The zero-order valence-electron chi connectivity index (χ0n) is 6.95. The van der Waals surface area contributed by atoms with Crippen molar-refractivity contribution < 1.29 is 19.8 Å². The molecule has 4 nitrogen and oxygen atoms in total. The maximum absolute atomic E-state index is 10.8. The molecule has 70 valence electrons. The van der Waals surface area contributed by atoms with Crippen molar-refractivity contribution in [2.45, 2.75) is 32.1 Å². The fourth-order valence-corrected chi connectivity index (χ4v) is 0.868. The summed E-state index contributed by atoms with van der Waals surface area (Å²) in [5.41, 5.74) is 0. The van der Waals surface area contributed by atoms with E-state index in [2.05, 4.69) is 0 Å². The predicted molar refractivity (Wildman–Crippen MR) is 42.8 cm³/mol. The van der Waals surface area contributed by atoms with E-state index in [9.17, 15) is 9.59 Å². The molecule has 0 heterocycles. The smallest absolute Gasteiger partial charge is 0.310 e. The summed E-state index contributed by atoms with van der Waals surface area (Å²) in [7, 11) is 0. The largest absolute Gasteiger partial charge is 0.481 e. The first-order valence-electron chi connectivity index (χ1n) is 4.01. The maximum Gasteiger partial charge on any atom is 0.310 e. The van der Waals surface area contributed by atoms with Crippen LogP contribution in [0.4, 0.5) is 0 Å². The Kier molecular flexibility index (Phi) is 6.28. The Labute approximate surface area is 71.2 Å². The minimum absolute atomic E-state index is 0.132. The number of carbonyl (C=O) groups excluding carboxylic acids is 1. The van der Waals surface area contributed by atoms with Crippen LogP contribution in [0.5, 0.6) is 0 Å². The van der Waals surface area contributed by atoms with E-state index in [0.717, 1.165) is 6.42 Å². The van der Waals surface area contributed by atoms with Crippen molar-refractivity contribution in [3.05, 3.63) is 0 Å². The standard InChI is InChI=1S/C8H14O4/c9-5-3-1-2-4-7(10)6-8(11)12/h9H,1-6H2,(H,11,12). The average Bonchev–Trinajstić information content (AvgIpc) is 1.97. The first-order valence-corrected chi connectivity index (χ1v) is 4.01. The van der Waals surface area contributed by atoms with Crippen LogP contribution in [0.15, 0.2) is 0 Å². The van der Waals surface area contributed by atoms with Gasteiger partial charge in [0.25, 0.3) is 0 Å². The molecule has 0 aromatic rings. The predicted octanol–water partition coefficient (Wildman–Crippen LogP) is 0.583. The molecule has 12 heavy (non-hydrogen) atoms. The van der Waals surface area contributed by atoms with Crippen molar-refractivity contribution in [1.29, 1.82) is 0 Å². The van der Waals surface area contributed by atoms with Gasteiger partial charge in [-0.1, -0.05) is 6.42 Å². The van der Waals surface area contributed by atoms with Gasteiger partial charge >= 0.3 is 5.97 Å². The van der Waals surface area contributed by atoms with E-state index in [0.29, 0.717) is 19.3 Å². The Bertz CT molecular complexity index is 153. The van der Waals surface area contributed by atoms with Crippen molar-refractivity contribution in [1.82, 2.24) is 0 Å². The molecule has 0 unspecified atom stereocenters. The Hall–Kier alpha value is -0.900. The molecule has 0 fully saturated rings. The van der Waals surface area contributed by atoms with E-state index in [1.807, 2.05) is 0 Å². The first kappa shape index (κ1) is 11.1. The second-order valence-electron chi connectivity index (χ2n) is 2.64. The van der Waals surface area contributed by atoms with Gasteiger partial charge in [0.1, 0.15) is 12.2 Å². The number of unbranched alkanes of at least 4 members (excludes halogenated alkanes) is 2. The Morgan fingerprint density at radius 2 is 1.75 bits per heavy atom. The molecular weight excluding hydrogens is 160 g/mol. The van der Waals surface area contributed by atoms with Gasteiger partial charge in [-0.3, -0.25) is 9.59 Å². The van der Waals surface area contributed by atoms with Gasteiger partial charge in [-0.2, -0.15) is 0 Å². The molecule has 0 saturated carbocycles. The minimum Gasteiger partial charge on any atom is -0.481 e. The summed E-state index contributed by atoms with van der Waals surface area (Å²) in [6, 6.07) is 0. The zero-order chi connectivity index (χ0) is 9.40. The SMILES string of the molecule is O=C(O)CC(=O)CCCCCO. The number of carboxylic acids is 1. The van der Waals surface area contributed by atoms with Gasteiger partial charge in [0.05, 0.1) is 0 Å². The lowest BCUT2D eigenvalue weighted by Crippen LogP contribution is -2.06. The topological polar surface area (TPSA) is 74.6 Å². The molecule has 0 atom stereocenters. The molecule has 2 N–H and O–H groups in total. The van der Waals surface area contributed by atoms with Crippen LogP contribution in [0.3, 0.4) is 0 Å². The lowest BCUT2D eigenvalue weighted by Gasteiger charge is -1.96. The van der Waals surface area contributed by atoms with Crippen LogP contribution >= 0.6 is 0 Å². The van der Waals surface area contributed by atoms with Crippen LogP contribution in [0.1, 0.15) is 32.1 Å². The number of rotatable bonds is 7. The van der Waals surface area contributed by atoms with Gasteiger partial charge in [0.2, 0.25) is 0 Å². The molecule has 0 radical (unpaired) electrons. The quantitative estimate of drug-likeness (QED) is 0.437. The molecule has 0 bridgehead atoms. The summed E-state index contributed by atoms with van der Waals surface area (Å²) in [6.45, 7) is 0.132. The first-order chi connectivity index (χ1) is 5.66. The average molecular weight is 174 g/mol. The van der Waals surface area contributed by atoms with Crippen molar-refractivity contribution in [2.24, 2.45) is 0 Å². The van der Waals surface area contributed by atoms with E-state index in [1.165, 1.54) is 0 Å². The third-order valence-corrected chi connectivity index (χ3v) is 1.46. The number of ketones is 1. The summed E-state index contributed by atoms with van der Waals surface area (Å²) >= 11 is 0. The fourth-order valence-electron chi connectivity index (χ4n) is 0.868. The van der Waals surface area contributed by atoms with Crippen LogP contribution < -0.4 is 0 Å². The highest BCUT2D eigenvalue weighted by Crippen LogP contribution is 2.01. The molecule has 0 rings (SSSR count). The summed E-state index contributed by atoms with van der Waals surface area (Å²) < 4.78 is 0. The van der Waals surface area contributed by atoms with Gasteiger partial charge in [0, 0.05) is 13.0 Å². The maximum atomic E-state index is 10.8. The van der Waals surface area contributed by atoms with Gasteiger partial charge in [0.15, 0.2) is 0 Å². The van der Waals surface area contributed by atoms with Gasteiger partial charge in [-0.15, -0.1) is 0 Å². The summed E-state index contributed by atoms with van der Waals surface area (Å²) in [6.07, 6.45) is 2.07. The van der Waals surface area contributed by atoms with Crippen molar-refractivity contribution in [3.8, 4) is 0 Å². The minimum atomic E-state index is -1.07. The number of hydrogen-bond acceptors (Lipinski definition) is 3.